The van der Waals surface area contributed by atoms with Crippen LogP contribution in [0.4, 0.5) is 16.3 Å². The van der Waals surface area contributed by atoms with E-state index in [2.05, 4.69) is 15.0 Å². The van der Waals surface area contributed by atoms with Gasteiger partial charge in [-0.3, -0.25) is 10.1 Å². The van der Waals surface area contributed by atoms with Gasteiger partial charge in [0, 0.05) is 11.8 Å². The van der Waals surface area contributed by atoms with Crippen LogP contribution in [0.5, 0.6) is 0 Å². The number of anilines is 1. The molecule has 0 aliphatic rings. The predicted molar refractivity (Wildman–Crippen MR) is 59.7 cm³/mol. The van der Waals surface area contributed by atoms with E-state index in [1.807, 2.05) is 0 Å². The summed E-state index contributed by atoms with van der Waals surface area (Å²) in [4.78, 5) is 24.4. The van der Waals surface area contributed by atoms with Crippen molar-refractivity contribution in [3.05, 3.63) is 27.9 Å². The van der Waals surface area contributed by atoms with Crippen molar-refractivity contribution in [2.45, 2.75) is 6.92 Å². The zero-order valence-electron chi connectivity index (χ0n) is 9.17. The van der Waals surface area contributed by atoms with Crippen molar-refractivity contribution in [2.75, 3.05) is 18.5 Å². The van der Waals surface area contributed by atoms with Gasteiger partial charge in [-0.15, -0.1) is 0 Å². The van der Waals surface area contributed by atoms with E-state index in [1.54, 1.807) is 13.0 Å². The van der Waals surface area contributed by atoms with Crippen molar-refractivity contribution in [1.82, 2.24) is 4.98 Å². The summed E-state index contributed by atoms with van der Waals surface area (Å²) in [6.07, 6.45) is -0.890. The SMILES string of the molecule is Cc1ccc([N+](=O)[O-])c(NCCOC(N)=O)n1. The number of carbonyl (C=O) groups is 1. The van der Waals surface area contributed by atoms with Crippen LogP contribution in [-0.2, 0) is 4.74 Å². The molecule has 1 aromatic heterocycles. The Morgan fingerprint density at radius 1 is 1.65 bits per heavy atom. The minimum atomic E-state index is -0.890. The van der Waals surface area contributed by atoms with E-state index in [9.17, 15) is 14.9 Å². The topological polar surface area (TPSA) is 120 Å². The van der Waals surface area contributed by atoms with Gasteiger partial charge in [0.15, 0.2) is 0 Å². The highest BCUT2D eigenvalue weighted by atomic mass is 16.6. The molecule has 0 spiro atoms. The molecule has 0 unspecified atom stereocenters. The number of amides is 1. The van der Waals surface area contributed by atoms with Gasteiger partial charge in [-0.1, -0.05) is 0 Å². The standard InChI is InChI=1S/C9H12N4O4/c1-6-2-3-7(13(15)16)8(12-6)11-4-5-17-9(10)14/h2-3H,4-5H2,1H3,(H2,10,14)(H,11,12). The van der Waals surface area contributed by atoms with E-state index < -0.39 is 11.0 Å². The fourth-order valence-electron chi connectivity index (χ4n) is 1.15. The van der Waals surface area contributed by atoms with Crippen molar-refractivity contribution in [2.24, 2.45) is 5.73 Å². The first-order valence-electron chi connectivity index (χ1n) is 4.79. The summed E-state index contributed by atoms with van der Waals surface area (Å²) in [6.45, 7) is 1.93. The van der Waals surface area contributed by atoms with Crippen LogP contribution < -0.4 is 11.1 Å². The summed E-state index contributed by atoms with van der Waals surface area (Å²) < 4.78 is 4.47. The summed E-state index contributed by atoms with van der Waals surface area (Å²) in [6, 6.07) is 2.91. The van der Waals surface area contributed by atoms with E-state index in [0.717, 1.165) is 0 Å². The van der Waals surface area contributed by atoms with Gasteiger partial charge in [-0.05, 0) is 13.0 Å². The molecule has 1 heterocycles. The van der Waals surface area contributed by atoms with Crippen molar-refractivity contribution in [1.29, 1.82) is 0 Å². The number of hydrogen-bond acceptors (Lipinski definition) is 6. The van der Waals surface area contributed by atoms with Crippen LogP contribution >= 0.6 is 0 Å². The zero-order valence-corrected chi connectivity index (χ0v) is 9.17. The Morgan fingerprint density at radius 3 is 2.94 bits per heavy atom. The maximum absolute atomic E-state index is 10.7. The number of nitrogens with one attached hydrogen (secondary N) is 1. The van der Waals surface area contributed by atoms with Crippen LogP contribution in [0.3, 0.4) is 0 Å². The van der Waals surface area contributed by atoms with Crippen molar-refractivity contribution >= 4 is 17.6 Å². The monoisotopic (exact) mass is 240 g/mol. The Bertz CT molecular complexity index is 435. The highest BCUT2D eigenvalue weighted by molar-refractivity contribution is 5.64. The molecule has 0 aromatic carbocycles. The lowest BCUT2D eigenvalue weighted by Crippen LogP contribution is -2.19. The minimum absolute atomic E-state index is 0.0160. The quantitative estimate of drug-likeness (QED) is 0.446. The highest BCUT2D eigenvalue weighted by Gasteiger charge is 2.14. The number of aromatic nitrogens is 1. The number of aryl methyl sites for hydroxylation is 1. The third kappa shape index (κ3) is 3.93. The average Bonchev–Trinajstić information content (AvgIpc) is 2.23. The number of primary amides is 1. The number of rotatable bonds is 5. The smallest absolute Gasteiger partial charge is 0.404 e. The molecule has 0 saturated carbocycles. The number of carbonyl (C=O) groups excluding carboxylic acids is 1. The van der Waals surface area contributed by atoms with Crippen LogP contribution in [0, 0.1) is 17.0 Å². The van der Waals surface area contributed by atoms with Crippen molar-refractivity contribution in [3.8, 4) is 0 Å². The maximum atomic E-state index is 10.7. The number of nitrogens with two attached hydrogens (primary N) is 1. The normalized spacial score (nSPS) is 9.71. The molecule has 1 rings (SSSR count). The fourth-order valence-corrected chi connectivity index (χ4v) is 1.15. The number of ether oxygens (including phenoxy) is 1. The van der Waals surface area contributed by atoms with Crippen molar-refractivity contribution in [3.63, 3.8) is 0 Å². The van der Waals surface area contributed by atoms with Crippen molar-refractivity contribution < 1.29 is 14.5 Å². The molecule has 17 heavy (non-hydrogen) atoms. The van der Waals surface area contributed by atoms with Gasteiger partial charge in [-0.2, -0.15) is 0 Å². The minimum Gasteiger partial charge on any atom is -0.448 e. The third-order valence-corrected chi connectivity index (χ3v) is 1.85. The highest BCUT2D eigenvalue weighted by Crippen LogP contribution is 2.21. The molecule has 0 aliphatic heterocycles. The lowest BCUT2D eigenvalue weighted by atomic mass is 10.3. The molecule has 0 radical (unpaired) electrons. The lowest BCUT2D eigenvalue weighted by molar-refractivity contribution is -0.384. The predicted octanol–water partition coefficient (Wildman–Crippen LogP) is 0.805. The van der Waals surface area contributed by atoms with Crippen LogP contribution in [0.2, 0.25) is 0 Å². The van der Waals surface area contributed by atoms with Gasteiger partial charge in [0.05, 0.1) is 11.5 Å². The Kier molecular flexibility index (Phi) is 4.21. The number of pyridine rings is 1. The molecule has 8 heteroatoms. The molecule has 3 N–H and O–H groups in total. The third-order valence-electron chi connectivity index (χ3n) is 1.85. The van der Waals surface area contributed by atoms with E-state index in [4.69, 9.17) is 5.73 Å². The summed E-state index contributed by atoms with van der Waals surface area (Å²) >= 11 is 0. The maximum Gasteiger partial charge on any atom is 0.404 e. The van der Waals surface area contributed by atoms with Gasteiger partial charge in [0.25, 0.3) is 0 Å². The Morgan fingerprint density at radius 2 is 2.35 bits per heavy atom. The molecule has 0 aliphatic carbocycles. The van der Waals surface area contributed by atoms with Crippen LogP contribution in [0.15, 0.2) is 12.1 Å². The zero-order chi connectivity index (χ0) is 12.8. The second-order valence-electron chi connectivity index (χ2n) is 3.17. The molecule has 0 fully saturated rings. The summed E-state index contributed by atoms with van der Waals surface area (Å²) in [7, 11) is 0. The largest absolute Gasteiger partial charge is 0.448 e. The Labute approximate surface area is 96.9 Å². The molecular weight excluding hydrogens is 228 g/mol. The Hall–Kier alpha value is -2.38. The molecule has 0 atom stereocenters. The van der Waals surface area contributed by atoms with Gasteiger partial charge in [0.1, 0.15) is 6.61 Å². The molecule has 1 amide bonds. The molecule has 1 aromatic rings. The lowest BCUT2D eigenvalue weighted by Gasteiger charge is -2.06. The van der Waals surface area contributed by atoms with Gasteiger partial charge >= 0.3 is 11.8 Å². The second kappa shape index (κ2) is 5.64. The van der Waals surface area contributed by atoms with Gasteiger partial charge in [-0.25, -0.2) is 9.78 Å². The molecular formula is C9H12N4O4. The first-order chi connectivity index (χ1) is 8.00. The summed E-state index contributed by atoms with van der Waals surface area (Å²) in [5, 5.41) is 13.4. The molecule has 8 nitrogen and oxygen atoms in total. The first-order valence-corrected chi connectivity index (χ1v) is 4.79. The molecule has 0 saturated heterocycles. The van der Waals surface area contributed by atoms with E-state index in [1.165, 1.54) is 6.07 Å². The summed E-state index contributed by atoms with van der Waals surface area (Å²) in [5.74, 6) is 0.142. The van der Waals surface area contributed by atoms with E-state index in [-0.39, 0.29) is 24.7 Å². The molecule has 92 valence electrons. The van der Waals surface area contributed by atoms with E-state index >= 15 is 0 Å². The number of nitrogens with zero attached hydrogens (tertiary/aromatic N) is 2. The van der Waals surface area contributed by atoms with Gasteiger partial charge < -0.3 is 15.8 Å². The second-order valence-corrected chi connectivity index (χ2v) is 3.17. The molecule has 0 bridgehead atoms. The first kappa shape index (κ1) is 12.7. The summed E-state index contributed by atoms with van der Waals surface area (Å²) in [5.41, 5.74) is 5.28. The number of hydrogen-bond donors (Lipinski definition) is 2. The van der Waals surface area contributed by atoms with Crippen LogP contribution in [0.25, 0.3) is 0 Å². The fraction of sp³-hybridized carbons (Fsp3) is 0.333. The van der Waals surface area contributed by atoms with Crippen LogP contribution in [-0.4, -0.2) is 29.2 Å². The average molecular weight is 240 g/mol. The van der Waals surface area contributed by atoms with Gasteiger partial charge in [0.2, 0.25) is 5.82 Å². The number of nitro groups is 1. The van der Waals surface area contributed by atoms with Crippen LogP contribution in [0.1, 0.15) is 5.69 Å². The van der Waals surface area contributed by atoms with E-state index in [0.29, 0.717) is 5.69 Å². The Balaban J connectivity index is 2.65.